The van der Waals surface area contributed by atoms with E-state index >= 15 is 0 Å². The number of benzene rings is 1. The molecule has 0 radical (unpaired) electrons. The summed E-state index contributed by atoms with van der Waals surface area (Å²) in [6, 6.07) is 4.40. The Kier molecular flexibility index (Phi) is 2.99. The van der Waals surface area contributed by atoms with Crippen LogP contribution in [0.15, 0.2) is 12.1 Å². The fourth-order valence-corrected chi connectivity index (χ4v) is 3.30. The summed E-state index contributed by atoms with van der Waals surface area (Å²) in [5.74, 6) is 0.443. The molecule has 0 amide bonds. The molecule has 1 aliphatic heterocycles. The Bertz CT molecular complexity index is 337. The largest absolute Gasteiger partial charge is 0.506 e. The van der Waals surface area contributed by atoms with Crippen molar-refractivity contribution in [1.82, 2.24) is 5.32 Å². The number of rotatable bonds is 1. The van der Waals surface area contributed by atoms with Crippen LogP contribution in [-0.2, 0) is 0 Å². The summed E-state index contributed by atoms with van der Waals surface area (Å²) in [6.45, 7) is 1.06. The zero-order chi connectivity index (χ0) is 9.42. The zero-order valence-corrected chi connectivity index (χ0v) is 11.2. The van der Waals surface area contributed by atoms with Gasteiger partial charge in [-0.3, -0.25) is 0 Å². The van der Waals surface area contributed by atoms with Gasteiger partial charge in [0.05, 0.1) is 3.57 Å². The summed E-state index contributed by atoms with van der Waals surface area (Å²) in [5.41, 5.74) is 1.04. The molecule has 1 atom stereocenters. The second-order valence-corrected chi connectivity index (χ2v) is 5.53. The highest BCUT2D eigenvalue weighted by molar-refractivity contribution is 14.1. The predicted molar refractivity (Wildman–Crippen MR) is 68.9 cm³/mol. The lowest BCUT2D eigenvalue weighted by molar-refractivity contribution is 0.363. The van der Waals surface area contributed by atoms with Crippen LogP contribution in [0.4, 0.5) is 0 Å². The Morgan fingerprint density at radius 1 is 1.38 bits per heavy atom. The molecule has 0 unspecified atom stereocenters. The van der Waals surface area contributed by atoms with Crippen molar-refractivity contribution in [3.8, 4) is 5.75 Å². The minimum Gasteiger partial charge on any atom is -0.506 e. The van der Waals surface area contributed by atoms with Crippen molar-refractivity contribution in [2.45, 2.75) is 12.5 Å². The number of halogens is 2. The van der Waals surface area contributed by atoms with Gasteiger partial charge in [0.15, 0.2) is 0 Å². The van der Waals surface area contributed by atoms with Crippen LogP contribution in [0.25, 0.3) is 0 Å². The Hall–Kier alpha value is 0.440. The van der Waals surface area contributed by atoms with Crippen molar-refractivity contribution in [2.75, 3.05) is 6.54 Å². The number of phenolic OH excluding ortho intramolecular Hbond substituents is 1. The lowest BCUT2D eigenvalue weighted by Crippen LogP contribution is -2.35. The van der Waals surface area contributed by atoms with Gasteiger partial charge in [-0.25, -0.2) is 0 Å². The van der Waals surface area contributed by atoms with E-state index in [1.807, 2.05) is 6.07 Å². The molecule has 0 saturated carbocycles. The Labute approximate surface area is 104 Å². The average Bonchev–Trinajstić information content (AvgIpc) is 1.95. The minimum atomic E-state index is 0.364. The van der Waals surface area contributed by atoms with E-state index in [1.54, 1.807) is 0 Å². The molecular formula is C9H9I2NO. The first-order valence-corrected chi connectivity index (χ1v) is 6.25. The van der Waals surface area contributed by atoms with Gasteiger partial charge in [0, 0.05) is 15.2 Å². The molecule has 1 fully saturated rings. The molecule has 70 valence electrons. The Morgan fingerprint density at radius 2 is 2.08 bits per heavy atom. The summed E-state index contributed by atoms with van der Waals surface area (Å²) in [6.07, 6.45) is 1.13. The van der Waals surface area contributed by atoms with Gasteiger partial charge in [0.1, 0.15) is 5.75 Å². The highest BCUT2D eigenvalue weighted by Crippen LogP contribution is 2.34. The fourth-order valence-electron chi connectivity index (χ4n) is 1.41. The van der Waals surface area contributed by atoms with Crippen molar-refractivity contribution in [1.29, 1.82) is 0 Å². The van der Waals surface area contributed by atoms with Crippen LogP contribution < -0.4 is 5.32 Å². The number of phenols is 1. The van der Waals surface area contributed by atoms with Crippen LogP contribution in [-0.4, -0.2) is 11.7 Å². The van der Waals surface area contributed by atoms with E-state index in [0.29, 0.717) is 11.8 Å². The van der Waals surface area contributed by atoms with Crippen molar-refractivity contribution in [3.05, 3.63) is 24.8 Å². The Morgan fingerprint density at radius 3 is 2.62 bits per heavy atom. The van der Waals surface area contributed by atoms with Gasteiger partial charge in [0.25, 0.3) is 0 Å². The Balaban J connectivity index is 2.42. The molecule has 0 aliphatic carbocycles. The van der Waals surface area contributed by atoms with Gasteiger partial charge in [-0.2, -0.15) is 0 Å². The van der Waals surface area contributed by atoms with Crippen molar-refractivity contribution in [2.24, 2.45) is 0 Å². The molecule has 0 bridgehead atoms. The van der Waals surface area contributed by atoms with E-state index < -0.39 is 0 Å². The van der Waals surface area contributed by atoms with Crippen LogP contribution >= 0.6 is 45.2 Å². The normalized spacial score (nSPS) is 21.2. The summed E-state index contributed by atoms with van der Waals surface area (Å²) in [5, 5.41) is 13.1. The van der Waals surface area contributed by atoms with Gasteiger partial charge in [-0.15, -0.1) is 0 Å². The topological polar surface area (TPSA) is 32.3 Å². The third-order valence-corrected chi connectivity index (χ3v) is 3.70. The predicted octanol–water partition coefficient (Wildman–Crippen LogP) is 2.64. The number of aromatic hydroxyl groups is 1. The van der Waals surface area contributed by atoms with E-state index in [1.165, 1.54) is 3.57 Å². The van der Waals surface area contributed by atoms with E-state index in [4.69, 9.17) is 0 Å². The SMILES string of the molecule is Oc1c(I)cc(I)cc1[C@H]1CCN1. The molecule has 2 rings (SSSR count). The summed E-state index contributed by atoms with van der Waals surface area (Å²) >= 11 is 4.44. The quantitative estimate of drug-likeness (QED) is 0.710. The van der Waals surface area contributed by atoms with E-state index in [0.717, 1.165) is 22.1 Å². The number of nitrogens with one attached hydrogen (secondary N) is 1. The van der Waals surface area contributed by atoms with Crippen LogP contribution in [0.3, 0.4) is 0 Å². The first-order chi connectivity index (χ1) is 6.18. The van der Waals surface area contributed by atoms with E-state index in [9.17, 15) is 5.11 Å². The summed E-state index contributed by atoms with van der Waals surface area (Å²) in [4.78, 5) is 0. The van der Waals surface area contributed by atoms with Gasteiger partial charge in [-0.1, -0.05) is 0 Å². The van der Waals surface area contributed by atoms with Gasteiger partial charge < -0.3 is 10.4 Å². The third-order valence-electron chi connectivity index (χ3n) is 2.26. The van der Waals surface area contributed by atoms with Gasteiger partial charge >= 0.3 is 0 Å². The van der Waals surface area contributed by atoms with Gasteiger partial charge in [-0.05, 0) is 70.3 Å². The van der Waals surface area contributed by atoms with Gasteiger partial charge in [0.2, 0.25) is 0 Å². The molecular weight excluding hydrogens is 392 g/mol. The number of hydrogen-bond donors (Lipinski definition) is 2. The molecule has 4 heteroatoms. The maximum atomic E-state index is 9.81. The lowest BCUT2D eigenvalue weighted by atomic mass is 9.97. The molecule has 1 heterocycles. The van der Waals surface area contributed by atoms with Crippen LogP contribution in [0.5, 0.6) is 5.75 Å². The molecule has 1 aliphatic rings. The molecule has 2 nitrogen and oxygen atoms in total. The molecule has 2 N–H and O–H groups in total. The smallest absolute Gasteiger partial charge is 0.133 e. The second-order valence-electron chi connectivity index (χ2n) is 3.12. The maximum Gasteiger partial charge on any atom is 0.133 e. The average molecular weight is 401 g/mol. The van der Waals surface area contributed by atoms with Crippen LogP contribution in [0, 0.1) is 7.14 Å². The van der Waals surface area contributed by atoms with E-state index in [-0.39, 0.29) is 0 Å². The lowest BCUT2D eigenvalue weighted by Gasteiger charge is -2.29. The standard InChI is InChI=1S/C9H9I2NO/c10-5-3-6(8-1-2-12-8)9(13)7(11)4-5/h3-4,8,12-13H,1-2H2/t8-/m1/s1. The summed E-state index contributed by atoms with van der Waals surface area (Å²) in [7, 11) is 0. The van der Waals surface area contributed by atoms with Crippen LogP contribution in [0.1, 0.15) is 18.0 Å². The third kappa shape index (κ3) is 1.94. The highest BCUT2D eigenvalue weighted by atomic mass is 127. The van der Waals surface area contributed by atoms with Crippen molar-refractivity contribution in [3.63, 3.8) is 0 Å². The van der Waals surface area contributed by atoms with E-state index in [2.05, 4.69) is 56.6 Å². The number of hydrogen-bond acceptors (Lipinski definition) is 2. The molecule has 1 aromatic carbocycles. The van der Waals surface area contributed by atoms with Crippen molar-refractivity contribution < 1.29 is 5.11 Å². The zero-order valence-electron chi connectivity index (χ0n) is 6.85. The summed E-state index contributed by atoms with van der Waals surface area (Å²) < 4.78 is 2.12. The molecule has 0 spiro atoms. The second kappa shape index (κ2) is 3.90. The molecule has 1 saturated heterocycles. The molecule has 1 aromatic rings. The fraction of sp³-hybridized carbons (Fsp3) is 0.333. The monoisotopic (exact) mass is 401 g/mol. The highest BCUT2D eigenvalue weighted by Gasteiger charge is 2.22. The first kappa shape index (κ1) is 9.97. The minimum absolute atomic E-state index is 0.364. The first-order valence-electron chi connectivity index (χ1n) is 4.10. The maximum absolute atomic E-state index is 9.81. The molecule has 13 heavy (non-hydrogen) atoms. The van der Waals surface area contributed by atoms with Crippen LogP contribution in [0.2, 0.25) is 0 Å². The molecule has 0 aromatic heterocycles. The van der Waals surface area contributed by atoms with Crippen molar-refractivity contribution >= 4 is 45.2 Å².